The number of hydrogen-bond donors (Lipinski definition) is 1. The van der Waals surface area contributed by atoms with Crippen LogP contribution in [0.2, 0.25) is 0 Å². The van der Waals surface area contributed by atoms with Gasteiger partial charge in [0.1, 0.15) is 5.75 Å². The molecule has 236 valence electrons. The number of amides is 2. The molecule has 43 heavy (non-hydrogen) atoms. The third-order valence-corrected chi connectivity index (χ3v) is 10.00. The Morgan fingerprint density at radius 2 is 1.84 bits per heavy atom. The summed E-state index contributed by atoms with van der Waals surface area (Å²) in [5, 5.41) is 5.77. The van der Waals surface area contributed by atoms with E-state index in [4.69, 9.17) is 14.5 Å². The number of carbonyl (C=O) groups excluding carboxylic acids is 2. The van der Waals surface area contributed by atoms with Crippen LogP contribution < -0.4 is 10.1 Å². The molecular weight excluding hydrogens is 562 g/mol. The number of anilines is 1. The molecule has 0 radical (unpaired) electrons. The van der Waals surface area contributed by atoms with Gasteiger partial charge in [0, 0.05) is 56.6 Å². The highest BCUT2D eigenvalue weighted by atomic mass is 32.1. The molecule has 10 heteroatoms. The lowest BCUT2D eigenvalue weighted by Gasteiger charge is -2.39. The Morgan fingerprint density at radius 1 is 1.02 bits per heavy atom. The molecular formula is C33H49N5O4S. The number of nitrogens with zero attached hydrogens (tertiary/aromatic N) is 4. The minimum atomic E-state index is -0.0890. The SMILES string of the molecule is CCOC(=O)CCCN1CCCC(CN2CCN(C(=O)Nc3nc(-c4cc(OC)ccc4C4CCCCC4)cs3)CC2)C1. The maximum absolute atomic E-state index is 13.2. The molecule has 2 aliphatic heterocycles. The van der Waals surface area contributed by atoms with Gasteiger partial charge in [-0.2, -0.15) is 0 Å². The van der Waals surface area contributed by atoms with Gasteiger partial charge in [-0.05, 0) is 81.6 Å². The lowest BCUT2D eigenvalue weighted by molar-refractivity contribution is -0.143. The van der Waals surface area contributed by atoms with E-state index in [2.05, 4.69) is 38.7 Å². The lowest BCUT2D eigenvalue weighted by Crippen LogP contribution is -2.52. The molecule has 5 rings (SSSR count). The number of hydrogen-bond acceptors (Lipinski definition) is 8. The monoisotopic (exact) mass is 611 g/mol. The number of urea groups is 1. The van der Waals surface area contributed by atoms with Crippen LogP contribution in [-0.4, -0.2) is 97.8 Å². The first-order chi connectivity index (χ1) is 21.0. The number of nitrogens with one attached hydrogen (secondary N) is 1. The first-order valence-electron chi connectivity index (χ1n) is 16.3. The van der Waals surface area contributed by atoms with Crippen molar-refractivity contribution in [2.24, 2.45) is 5.92 Å². The number of benzene rings is 1. The molecule has 1 aromatic heterocycles. The quantitative estimate of drug-likeness (QED) is 0.309. The van der Waals surface area contributed by atoms with Crippen LogP contribution in [0.4, 0.5) is 9.93 Å². The molecule has 0 bridgehead atoms. The highest BCUT2D eigenvalue weighted by Gasteiger charge is 2.27. The summed E-state index contributed by atoms with van der Waals surface area (Å²) < 4.78 is 10.6. The largest absolute Gasteiger partial charge is 0.497 e. The van der Waals surface area contributed by atoms with Crippen molar-refractivity contribution in [3.05, 3.63) is 29.1 Å². The topological polar surface area (TPSA) is 87.2 Å². The van der Waals surface area contributed by atoms with Crippen LogP contribution in [-0.2, 0) is 9.53 Å². The fourth-order valence-corrected chi connectivity index (χ4v) is 7.66. The van der Waals surface area contributed by atoms with E-state index >= 15 is 0 Å². The first-order valence-corrected chi connectivity index (χ1v) is 17.2. The van der Waals surface area contributed by atoms with Crippen LogP contribution in [0.5, 0.6) is 5.75 Å². The van der Waals surface area contributed by atoms with E-state index < -0.39 is 0 Å². The minimum Gasteiger partial charge on any atom is -0.497 e. The molecule has 1 atom stereocenters. The molecule has 2 saturated heterocycles. The average molecular weight is 612 g/mol. The van der Waals surface area contributed by atoms with Crippen molar-refractivity contribution in [2.45, 2.75) is 70.6 Å². The van der Waals surface area contributed by atoms with Crippen molar-refractivity contribution in [1.29, 1.82) is 0 Å². The second kappa shape index (κ2) is 15.9. The summed E-state index contributed by atoms with van der Waals surface area (Å²) in [5.41, 5.74) is 3.38. The number of likely N-dealkylation sites (tertiary alicyclic amines) is 1. The minimum absolute atomic E-state index is 0.0656. The number of ether oxygens (including phenoxy) is 2. The van der Waals surface area contributed by atoms with Gasteiger partial charge in [0.2, 0.25) is 0 Å². The zero-order chi connectivity index (χ0) is 30.0. The number of rotatable bonds is 11. The Bertz CT molecular complexity index is 1190. The molecule has 1 saturated carbocycles. The summed E-state index contributed by atoms with van der Waals surface area (Å²) in [6.07, 6.45) is 10.1. The van der Waals surface area contributed by atoms with Gasteiger partial charge >= 0.3 is 12.0 Å². The van der Waals surface area contributed by atoms with Crippen LogP contribution in [0.3, 0.4) is 0 Å². The van der Waals surface area contributed by atoms with Gasteiger partial charge in [0.15, 0.2) is 5.13 Å². The van der Waals surface area contributed by atoms with Crippen LogP contribution in [0.25, 0.3) is 11.3 Å². The number of piperidine rings is 1. The Morgan fingerprint density at radius 3 is 2.60 bits per heavy atom. The zero-order valence-electron chi connectivity index (χ0n) is 26.0. The van der Waals surface area contributed by atoms with Crippen LogP contribution in [0, 0.1) is 5.92 Å². The molecule has 3 aliphatic rings. The van der Waals surface area contributed by atoms with Crippen molar-refractivity contribution in [3.63, 3.8) is 0 Å². The summed E-state index contributed by atoms with van der Waals surface area (Å²) in [6.45, 7) is 9.78. The number of piperazine rings is 1. The molecule has 3 fully saturated rings. The van der Waals surface area contributed by atoms with Crippen molar-refractivity contribution in [1.82, 2.24) is 19.7 Å². The van der Waals surface area contributed by atoms with E-state index in [1.807, 2.05) is 11.8 Å². The van der Waals surface area contributed by atoms with Gasteiger partial charge in [0.05, 0.1) is 19.4 Å². The number of thiazole rings is 1. The Labute approximate surface area is 260 Å². The van der Waals surface area contributed by atoms with Crippen LogP contribution >= 0.6 is 11.3 Å². The average Bonchev–Trinajstić information content (AvgIpc) is 3.50. The zero-order valence-corrected chi connectivity index (χ0v) is 26.8. The smallest absolute Gasteiger partial charge is 0.323 e. The Kier molecular flexibility index (Phi) is 11.7. The fourth-order valence-electron chi connectivity index (χ4n) is 6.96. The second-order valence-corrected chi connectivity index (χ2v) is 13.1. The van der Waals surface area contributed by atoms with Gasteiger partial charge in [0.25, 0.3) is 0 Å². The summed E-state index contributed by atoms with van der Waals surface area (Å²) in [4.78, 5) is 36.6. The van der Waals surface area contributed by atoms with Gasteiger partial charge in [-0.3, -0.25) is 15.0 Å². The van der Waals surface area contributed by atoms with E-state index in [-0.39, 0.29) is 12.0 Å². The van der Waals surface area contributed by atoms with E-state index in [1.165, 1.54) is 61.8 Å². The Balaban J connectivity index is 1.08. The summed E-state index contributed by atoms with van der Waals surface area (Å²) in [5.74, 6) is 1.94. The summed E-state index contributed by atoms with van der Waals surface area (Å²) in [6, 6.07) is 6.29. The van der Waals surface area contributed by atoms with Gasteiger partial charge < -0.3 is 19.3 Å². The maximum atomic E-state index is 13.2. The maximum Gasteiger partial charge on any atom is 0.323 e. The molecule has 1 unspecified atom stereocenters. The van der Waals surface area contributed by atoms with E-state index in [1.54, 1.807) is 7.11 Å². The van der Waals surface area contributed by atoms with Crippen molar-refractivity contribution in [2.75, 3.05) is 71.4 Å². The fraction of sp³-hybridized carbons (Fsp3) is 0.667. The molecule has 2 aromatic rings. The predicted molar refractivity (Wildman–Crippen MR) is 172 cm³/mol. The summed E-state index contributed by atoms with van der Waals surface area (Å²) >= 11 is 1.49. The molecule has 9 nitrogen and oxygen atoms in total. The Hall–Kier alpha value is -2.69. The number of esters is 1. The summed E-state index contributed by atoms with van der Waals surface area (Å²) in [7, 11) is 1.70. The lowest BCUT2D eigenvalue weighted by atomic mass is 9.81. The van der Waals surface area contributed by atoms with Crippen LogP contribution in [0.15, 0.2) is 23.6 Å². The number of aromatic nitrogens is 1. The molecule has 3 heterocycles. The third kappa shape index (κ3) is 8.92. The molecule has 1 aliphatic carbocycles. The van der Waals surface area contributed by atoms with Gasteiger partial charge in [-0.15, -0.1) is 11.3 Å². The van der Waals surface area contributed by atoms with Crippen molar-refractivity contribution >= 4 is 28.5 Å². The van der Waals surface area contributed by atoms with E-state index in [0.717, 1.165) is 75.8 Å². The van der Waals surface area contributed by atoms with Gasteiger partial charge in [-0.1, -0.05) is 25.3 Å². The molecule has 1 aromatic carbocycles. The normalized spacial score (nSPS) is 20.6. The highest BCUT2D eigenvalue weighted by molar-refractivity contribution is 7.14. The standard InChI is InChI=1S/C33H49N5O4S/c1-3-42-31(39)12-8-16-36-15-7-9-25(22-36)23-37-17-19-38(20-18-37)33(40)35-32-34-30(24-43-32)29-21-27(41-2)13-14-28(29)26-10-5-4-6-11-26/h13-14,21,24-26H,3-12,15-20,22-23H2,1-2H3,(H,34,35,40). The van der Waals surface area contributed by atoms with E-state index in [0.29, 0.717) is 30.0 Å². The predicted octanol–water partition coefficient (Wildman–Crippen LogP) is 6.07. The molecule has 2 amide bonds. The van der Waals surface area contributed by atoms with E-state index in [9.17, 15) is 9.59 Å². The molecule has 1 N–H and O–H groups in total. The molecule has 0 spiro atoms. The van der Waals surface area contributed by atoms with Gasteiger partial charge in [-0.25, -0.2) is 9.78 Å². The van der Waals surface area contributed by atoms with Crippen molar-refractivity contribution in [3.8, 4) is 17.0 Å². The van der Waals surface area contributed by atoms with Crippen molar-refractivity contribution < 1.29 is 19.1 Å². The highest BCUT2D eigenvalue weighted by Crippen LogP contribution is 2.40. The number of carbonyl (C=O) groups is 2. The first kappa shape index (κ1) is 31.7. The third-order valence-electron chi connectivity index (χ3n) is 9.24. The van der Waals surface area contributed by atoms with Crippen LogP contribution in [0.1, 0.15) is 76.2 Å². The second-order valence-electron chi connectivity index (χ2n) is 12.3. The number of methoxy groups -OCH3 is 1.